The first kappa shape index (κ1) is 17.4. The highest BCUT2D eigenvalue weighted by Crippen LogP contribution is 2.29. The molecular weight excluding hydrogens is 367 g/mol. The highest BCUT2D eigenvalue weighted by molar-refractivity contribution is 7.92. The minimum Gasteiger partial charge on any atom is -0.356 e. The van der Waals surface area contributed by atoms with Crippen LogP contribution in [0.2, 0.25) is 5.02 Å². The average Bonchev–Trinajstić information content (AvgIpc) is 2.97. The summed E-state index contributed by atoms with van der Waals surface area (Å²) in [6, 6.07) is 10.1. The third-order valence-corrected chi connectivity index (χ3v) is 5.39. The molecule has 0 aliphatic carbocycles. The zero-order valence-electron chi connectivity index (χ0n) is 13.4. The second-order valence-corrected chi connectivity index (χ2v) is 7.60. The maximum absolute atomic E-state index is 13.1. The largest absolute Gasteiger partial charge is 0.356 e. The van der Waals surface area contributed by atoms with Gasteiger partial charge in [0, 0.05) is 11.6 Å². The normalized spacial score (nSPS) is 11.5. The number of anilines is 1. The quantitative estimate of drug-likeness (QED) is 0.720. The van der Waals surface area contributed by atoms with Crippen LogP contribution in [0.1, 0.15) is 11.3 Å². The van der Waals surface area contributed by atoms with Gasteiger partial charge >= 0.3 is 0 Å². The molecule has 1 N–H and O–H groups in total. The molecule has 0 aliphatic rings. The third kappa shape index (κ3) is 3.67. The Hall–Kier alpha value is -2.38. The second-order valence-electron chi connectivity index (χ2n) is 5.54. The molecule has 3 rings (SSSR count). The van der Waals surface area contributed by atoms with E-state index in [0.717, 1.165) is 12.1 Å². The molecule has 0 spiro atoms. The first-order chi connectivity index (χ1) is 11.8. The van der Waals surface area contributed by atoms with Gasteiger partial charge in [-0.2, -0.15) is 0 Å². The summed E-state index contributed by atoms with van der Waals surface area (Å²) in [5.41, 5.74) is 1.92. The Labute approximate surface area is 149 Å². The van der Waals surface area contributed by atoms with E-state index in [1.54, 1.807) is 32.0 Å². The molecule has 25 heavy (non-hydrogen) atoms. The van der Waals surface area contributed by atoms with E-state index in [2.05, 4.69) is 9.88 Å². The van der Waals surface area contributed by atoms with Crippen molar-refractivity contribution in [2.24, 2.45) is 0 Å². The van der Waals surface area contributed by atoms with Crippen molar-refractivity contribution in [2.75, 3.05) is 4.72 Å². The predicted octanol–water partition coefficient (Wildman–Crippen LogP) is 4.55. The Kier molecular flexibility index (Phi) is 4.53. The van der Waals surface area contributed by atoms with E-state index in [-0.39, 0.29) is 15.6 Å². The van der Waals surface area contributed by atoms with E-state index in [1.807, 2.05) is 0 Å². The van der Waals surface area contributed by atoms with Crippen LogP contribution in [-0.2, 0) is 10.0 Å². The number of aromatic nitrogens is 1. The van der Waals surface area contributed by atoms with Crippen molar-refractivity contribution in [3.05, 3.63) is 64.6 Å². The average molecular weight is 381 g/mol. The first-order valence-corrected chi connectivity index (χ1v) is 9.14. The number of halogens is 2. The Morgan fingerprint density at radius 3 is 2.52 bits per heavy atom. The minimum atomic E-state index is -3.92. The SMILES string of the molecule is Cc1cc(-c2ccc(C)c(S(=O)(=O)Nc3ccc(F)cc3Cl)c2)on1. The fourth-order valence-corrected chi connectivity index (χ4v) is 3.94. The van der Waals surface area contributed by atoms with Gasteiger partial charge in [-0.25, -0.2) is 12.8 Å². The highest BCUT2D eigenvalue weighted by atomic mass is 35.5. The van der Waals surface area contributed by atoms with E-state index < -0.39 is 15.8 Å². The van der Waals surface area contributed by atoms with Crippen LogP contribution >= 0.6 is 11.6 Å². The molecule has 3 aromatic rings. The van der Waals surface area contributed by atoms with Crippen LogP contribution in [0.25, 0.3) is 11.3 Å². The molecule has 130 valence electrons. The van der Waals surface area contributed by atoms with Crippen LogP contribution in [0, 0.1) is 19.7 Å². The molecule has 0 radical (unpaired) electrons. The van der Waals surface area contributed by atoms with Gasteiger partial charge in [0.25, 0.3) is 10.0 Å². The van der Waals surface area contributed by atoms with Crippen LogP contribution in [0.4, 0.5) is 10.1 Å². The van der Waals surface area contributed by atoms with Crippen molar-refractivity contribution in [1.29, 1.82) is 0 Å². The minimum absolute atomic E-state index is 0.0248. The van der Waals surface area contributed by atoms with Crippen molar-refractivity contribution in [3.63, 3.8) is 0 Å². The topological polar surface area (TPSA) is 72.2 Å². The summed E-state index contributed by atoms with van der Waals surface area (Å²) in [5, 5.41) is 3.78. The third-order valence-electron chi connectivity index (χ3n) is 3.57. The first-order valence-electron chi connectivity index (χ1n) is 7.28. The number of aryl methyl sites for hydroxylation is 2. The number of rotatable bonds is 4. The lowest BCUT2D eigenvalue weighted by molar-refractivity contribution is 0.427. The summed E-state index contributed by atoms with van der Waals surface area (Å²) in [6.45, 7) is 3.45. The van der Waals surface area contributed by atoms with Gasteiger partial charge in [-0.05, 0) is 43.7 Å². The van der Waals surface area contributed by atoms with Crippen LogP contribution in [0.5, 0.6) is 0 Å². The van der Waals surface area contributed by atoms with Crippen LogP contribution in [-0.4, -0.2) is 13.6 Å². The summed E-state index contributed by atoms with van der Waals surface area (Å²) in [7, 11) is -3.92. The van der Waals surface area contributed by atoms with Gasteiger partial charge in [-0.1, -0.05) is 28.9 Å². The Morgan fingerprint density at radius 2 is 1.88 bits per heavy atom. The molecule has 0 saturated heterocycles. The highest BCUT2D eigenvalue weighted by Gasteiger charge is 2.20. The van der Waals surface area contributed by atoms with E-state index in [0.29, 0.717) is 22.6 Å². The standard InChI is InChI=1S/C17H14ClFN2O3S/c1-10-3-4-12(16-7-11(2)20-24-16)8-17(10)25(22,23)21-15-6-5-13(19)9-14(15)18/h3-9,21H,1-2H3. The zero-order valence-corrected chi connectivity index (χ0v) is 15.0. The maximum atomic E-state index is 13.1. The summed E-state index contributed by atoms with van der Waals surface area (Å²) in [4.78, 5) is 0.0689. The van der Waals surface area contributed by atoms with Crippen molar-refractivity contribution in [1.82, 2.24) is 5.16 Å². The van der Waals surface area contributed by atoms with Crippen molar-refractivity contribution in [3.8, 4) is 11.3 Å². The molecular formula is C17H14ClFN2O3S. The van der Waals surface area contributed by atoms with Crippen molar-refractivity contribution >= 4 is 27.3 Å². The Bertz CT molecular complexity index is 1050. The van der Waals surface area contributed by atoms with Crippen LogP contribution in [0.15, 0.2) is 51.9 Å². The molecule has 0 atom stereocenters. The molecule has 0 amide bonds. The molecule has 1 heterocycles. The lowest BCUT2D eigenvalue weighted by atomic mass is 10.1. The summed E-state index contributed by atoms with van der Waals surface area (Å²) in [5.74, 6) is -0.0828. The Balaban J connectivity index is 2.01. The molecule has 0 saturated carbocycles. The second kappa shape index (κ2) is 6.50. The van der Waals surface area contributed by atoms with Gasteiger partial charge < -0.3 is 4.52 Å². The zero-order chi connectivity index (χ0) is 18.2. The van der Waals surface area contributed by atoms with Gasteiger partial charge in [0.15, 0.2) is 5.76 Å². The lowest BCUT2D eigenvalue weighted by Gasteiger charge is -2.12. The summed E-state index contributed by atoms with van der Waals surface area (Å²) < 4.78 is 46.2. The Morgan fingerprint density at radius 1 is 1.12 bits per heavy atom. The fraction of sp³-hybridized carbons (Fsp3) is 0.118. The smallest absolute Gasteiger partial charge is 0.262 e. The van der Waals surface area contributed by atoms with E-state index >= 15 is 0 Å². The molecule has 8 heteroatoms. The van der Waals surface area contributed by atoms with E-state index in [9.17, 15) is 12.8 Å². The molecule has 1 aromatic heterocycles. The summed E-state index contributed by atoms with van der Waals surface area (Å²) >= 11 is 5.90. The molecule has 2 aromatic carbocycles. The van der Waals surface area contributed by atoms with Gasteiger partial charge in [0.05, 0.1) is 21.3 Å². The molecule has 0 unspecified atom stereocenters. The van der Waals surface area contributed by atoms with Crippen molar-refractivity contribution in [2.45, 2.75) is 18.7 Å². The molecule has 0 fully saturated rings. The molecule has 5 nitrogen and oxygen atoms in total. The molecule has 0 aliphatic heterocycles. The van der Waals surface area contributed by atoms with E-state index in [1.165, 1.54) is 12.1 Å². The van der Waals surface area contributed by atoms with Gasteiger partial charge in [-0.15, -0.1) is 0 Å². The summed E-state index contributed by atoms with van der Waals surface area (Å²) in [6.07, 6.45) is 0. The fourth-order valence-electron chi connectivity index (χ4n) is 2.31. The molecule has 0 bridgehead atoms. The van der Waals surface area contributed by atoms with E-state index in [4.69, 9.17) is 16.1 Å². The number of sulfonamides is 1. The maximum Gasteiger partial charge on any atom is 0.262 e. The number of hydrogen-bond acceptors (Lipinski definition) is 4. The van der Waals surface area contributed by atoms with Crippen LogP contribution in [0.3, 0.4) is 0 Å². The van der Waals surface area contributed by atoms with Crippen molar-refractivity contribution < 1.29 is 17.3 Å². The number of benzene rings is 2. The van der Waals surface area contributed by atoms with Gasteiger partial charge in [-0.3, -0.25) is 4.72 Å². The number of nitrogens with one attached hydrogen (secondary N) is 1. The monoisotopic (exact) mass is 380 g/mol. The van der Waals surface area contributed by atoms with Crippen LogP contribution < -0.4 is 4.72 Å². The number of nitrogens with zero attached hydrogens (tertiary/aromatic N) is 1. The number of hydrogen-bond donors (Lipinski definition) is 1. The predicted molar refractivity (Wildman–Crippen MR) is 93.6 cm³/mol. The van der Waals surface area contributed by atoms with Gasteiger partial charge in [0.1, 0.15) is 5.82 Å². The van der Waals surface area contributed by atoms with Gasteiger partial charge in [0.2, 0.25) is 0 Å². The lowest BCUT2D eigenvalue weighted by Crippen LogP contribution is -2.14.